The molecule has 0 radical (unpaired) electrons. The van der Waals surface area contributed by atoms with Gasteiger partial charge in [-0.3, -0.25) is 4.79 Å². The zero-order valence-electron chi connectivity index (χ0n) is 21.2. The third kappa shape index (κ3) is 6.14. The Morgan fingerprint density at radius 1 is 1.14 bits per heavy atom. The van der Waals surface area contributed by atoms with Gasteiger partial charge in [0, 0.05) is 54.5 Å². The van der Waals surface area contributed by atoms with Crippen molar-refractivity contribution in [2.45, 2.75) is 84.8 Å². The number of allylic oxidation sites excluding steroid dienone is 2. The Morgan fingerprint density at radius 2 is 1.86 bits per heavy atom. The quantitative estimate of drug-likeness (QED) is 0.559. The molecule has 1 N–H and O–H groups in total. The summed E-state index contributed by atoms with van der Waals surface area (Å²) in [4.78, 5) is 32.1. The van der Waals surface area contributed by atoms with Gasteiger partial charge >= 0.3 is 5.97 Å². The van der Waals surface area contributed by atoms with Crippen molar-refractivity contribution < 1.29 is 19.4 Å². The second-order valence-corrected chi connectivity index (χ2v) is 11.2. The molecule has 0 unspecified atom stereocenters. The number of ether oxygens (including phenoxy) is 1. The molecule has 1 heterocycles. The minimum atomic E-state index is -0.987. The molecule has 3 aliphatic carbocycles. The topological polar surface area (TPSA) is 79.7 Å². The van der Waals surface area contributed by atoms with Crippen molar-refractivity contribution >= 4 is 11.9 Å². The Bertz CT molecular complexity index is 1070. The van der Waals surface area contributed by atoms with E-state index in [4.69, 9.17) is 4.74 Å². The minimum Gasteiger partial charge on any atom is -0.478 e. The molecule has 2 saturated carbocycles. The maximum absolute atomic E-state index is 13.9. The number of carboxylic acids is 1. The Balaban J connectivity index is 1.59. The van der Waals surface area contributed by atoms with Crippen molar-refractivity contribution in [1.29, 1.82) is 0 Å². The average Bonchev–Trinajstić information content (AvgIpc) is 3.21. The number of pyridine rings is 1. The third-order valence-electron chi connectivity index (χ3n) is 7.07. The maximum Gasteiger partial charge on any atom is 0.334 e. The number of carbonyl (C=O) groups excluding carboxylic acids is 1. The Labute approximate surface area is 208 Å². The van der Waals surface area contributed by atoms with Gasteiger partial charge in [-0.2, -0.15) is 0 Å². The molecule has 186 valence electrons. The SMILES string of the molecule is CC1CCC(C(=O)N(C2=C(C(=O)O)CC(C#CC(C)(C)C)=C2)C2CC(Oc3ccccn3)C2)CC1. The van der Waals surface area contributed by atoms with Crippen LogP contribution in [0.25, 0.3) is 0 Å². The predicted molar refractivity (Wildman–Crippen MR) is 134 cm³/mol. The van der Waals surface area contributed by atoms with Crippen LogP contribution in [0.5, 0.6) is 5.88 Å². The van der Waals surface area contributed by atoms with Crippen LogP contribution in [0.4, 0.5) is 0 Å². The van der Waals surface area contributed by atoms with Gasteiger partial charge in [0.15, 0.2) is 0 Å². The van der Waals surface area contributed by atoms with Gasteiger partial charge in [-0.1, -0.05) is 24.8 Å². The number of hydrogen-bond donors (Lipinski definition) is 1. The molecule has 35 heavy (non-hydrogen) atoms. The summed E-state index contributed by atoms with van der Waals surface area (Å²) in [5.41, 5.74) is 1.34. The largest absolute Gasteiger partial charge is 0.478 e. The highest BCUT2D eigenvalue weighted by molar-refractivity contribution is 5.93. The van der Waals surface area contributed by atoms with Crippen LogP contribution in [0, 0.1) is 29.1 Å². The summed E-state index contributed by atoms with van der Waals surface area (Å²) in [6, 6.07) is 5.45. The van der Waals surface area contributed by atoms with E-state index in [1.54, 1.807) is 11.1 Å². The van der Waals surface area contributed by atoms with Gasteiger partial charge in [-0.15, -0.1) is 0 Å². The number of amides is 1. The van der Waals surface area contributed by atoms with E-state index in [1.165, 1.54) is 0 Å². The maximum atomic E-state index is 13.9. The number of nitrogens with zero attached hydrogens (tertiary/aromatic N) is 2. The number of aromatic nitrogens is 1. The van der Waals surface area contributed by atoms with Gasteiger partial charge < -0.3 is 14.7 Å². The fourth-order valence-corrected chi connectivity index (χ4v) is 4.96. The van der Waals surface area contributed by atoms with Crippen molar-refractivity contribution in [1.82, 2.24) is 9.88 Å². The summed E-state index contributed by atoms with van der Waals surface area (Å²) < 4.78 is 5.98. The molecule has 6 heteroatoms. The van der Waals surface area contributed by atoms with Crippen molar-refractivity contribution in [3.63, 3.8) is 0 Å². The molecule has 6 nitrogen and oxygen atoms in total. The molecule has 0 bridgehead atoms. The molecule has 1 aromatic heterocycles. The van der Waals surface area contributed by atoms with Crippen molar-refractivity contribution in [3.8, 4) is 17.7 Å². The first-order valence-electron chi connectivity index (χ1n) is 12.7. The zero-order valence-corrected chi connectivity index (χ0v) is 21.2. The van der Waals surface area contributed by atoms with Crippen molar-refractivity contribution in [3.05, 3.63) is 47.3 Å². The van der Waals surface area contributed by atoms with E-state index in [0.717, 1.165) is 31.3 Å². The van der Waals surface area contributed by atoms with Crippen LogP contribution in [-0.4, -0.2) is 39.0 Å². The molecule has 0 aromatic carbocycles. The van der Waals surface area contributed by atoms with Crippen LogP contribution in [0.3, 0.4) is 0 Å². The lowest BCUT2D eigenvalue weighted by molar-refractivity contribution is -0.140. The first-order chi connectivity index (χ1) is 16.6. The van der Waals surface area contributed by atoms with E-state index in [1.807, 2.05) is 45.0 Å². The summed E-state index contributed by atoms with van der Waals surface area (Å²) in [6.45, 7) is 8.31. The van der Waals surface area contributed by atoms with E-state index < -0.39 is 5.97 Å². The molecule has 4 rings (SSSR count). The standard InChI is InChI=1S/C29H36N2O4/c1-19-8-10-21(11-9-19)27(32)31(22-17-23(18-22)35-26-7-5-6-14-30-26)25-16-20(12-13-29(2,3)4)15-24(25)28(33)34/h5-7,14,16,19,21-23H,8-11,15,17-18H2,1-4H3,(H,33,34). The zero-order chi connectivity index (χ0) is 25.2. The Kier molecular flexibility index (Phi) is 7.35. The second kappa shape index (κ2) is 10.3. The van der Waals surface area contributed by atoms with Crippen molar-refractivity contribution in [2.75, 3.05) is 0 Å². The molecule has 2 fully saturated rings. The number of aliphatic carboxylic acids is 1. The van der Waals surface area contributed by atoms with Crippen LogP contribution in [0.2, 0.25) is 0 Å². The summed E-state index contributed by atoms with van der Waals surface area (Å²) >= 11 is 0. The molecular weight excluding hydrogens is 440 g/mol. The molecular formula is C29H36N2O4. The van der Waals surface area contributed by atoms with Crippen molar-refractivity contribution in [2.24, 2.45) is 17.3 Å². The predicted octanol–water partition coefficient (Wildman–Crippen LogP) is 5.36. The summed E-state index contributed by atoms with van der Waals surface area (Å²) in [6.07, 6.45) is 8.80. The van der Waals surface area contributed by atoms with Gasteiger partial charge in [-0.25, -0.2) is 9.78 Å². The van der Waals surface area contributed by atoms with Crippen LogP contribution in [0.1, 0.15) is 72.6 Å². The van der Waals surface area contributed by atoms with Crippen LogP contribution >= 0.6 is 0 Å². The second-order valence-electron chi connectivity index (χ2n) is 11.2. The lowest BCUT2D eigenvalue weighted by atomic mass is 9.80. The molecule has 0 saturated heterocycles. The number of carbonyl (C=O) groups is 2. The minimum absolute atomic E-state index is 0.0454. The summed E-state index contributed by atoms with van der Waals surface area (Å²) in [5, 5.41) is 10.0. The highest BCUT2D eigenvalue weighted by atomic mass is 16.5. The van der Waals surface area contributed by atoms with E-state index in [0.29, 0.717) is 30.3 Å². The fourth-order valence-electron chi connectivity index (χ4n) is 4.96. The van der Waals surface area contributed by atoms with Crippen LogP contribution < -0.4 is 4.74 Å². The number of carboxylic acid groups (broad SMARTS) is 1. The highest BCUT2D eigenvalue weighted by Crippen LogP contribution is 2.39. The van der Waals surface area contributed by atoms with E-state index >= 15 is 0 Å². The Morgan fingerprint density at radius 3 is 2.46 bits per heavy atom. The summed E-state index contributed by atoms with van der Waals surface area (Å²) in [5.74, 6) is 6.57. The third-order valence-corrected chi connectivity index (χ3v) is 7.07. The van der Waals surface area contributed by atoms with Crippen LogP contribution in [-0.2, 0) is 9.59 Å². The molecule has 1 amide bonds. The molecule has 0 aliphatic heterocycles. The van der Waals surface area contributed by atoms with E-state index in [-0.39, 0.29) is 41.4 Å². The molecule has 1 aromatic rings. The van der Waals surface area contributed by atoms with E-state index in [2.05, 4.69) is 23.7 Å². The first kappa shape index (κ1) is 25.0. The van der Waals surface area contributed by atoms with Gasteiger partial charge in [0.2, 0.25) is 11.8 Å². The van der Waals surface area contributed by atoms with Gasteiger partial charge in [-0.05, 0) is 64.5 Å². The van der Waals surface area contributed by atoms with Gasteiger partial charge in [0.05, 0.1) is 11.3 Å². The molecule has 0 atom stereocenters. The average molecular weight is 477 g/mol. The number of hydrogen-bond acceptors (Lipinski definition) is 4. The highest BCUT2D eigenvalue weighted by Gasteiger charge is 2.43. The first-order valence-corrected chi connectivity index (χ1v) is 12.7. The molecule has 0 spiro atoms. The van der Waals surface area contributed by atoms with Gasteiger partial charge in [0.25, 0.3) is 0 Å². The lowest BCUT2D eigenvalue weighted by Crippen LogP contribution is -2.53. The van der Waals surface area contributed by atoms with E-state index in [9.17, 15) is 14.7 Å². The van der Waals surface area contributed by atoms with Gasteiger partial charge in [0.1, 0.15) is 6.10 Å². The summed E-state index contributed by atoms with van der Waals surface area (Å²) in [7, 11) is 0. The molecule has 3 aliphatic rings. The lowest BCUT2D eigenvalue weighted by Gasteiger charge is -2.44. The Hall–Kier alpha value is -3.07. The fraction of sp³-hybridized carbons (Fsp3) is 0.552. The smallest absolute Gasteiger partial charge is 0.334 e. The number of rotatable bonds is 6. The van der Waals surface area contributed by atoms with Crippen LogP contribution in [0.15, 0.2) is 47.3 Å². The normalized spacial score (nSPS) is 26.2. The monoisotopic (exact) mass is 476 g/mol.